The van der Waals surface area contributed by atoms with Gasteiger partial charge in [0.25, 0.3) is 0 Å². The first-order valence-electron chi connectivity index (χ1n) is 11.4. The summed E-state index contributed by atoms with van der Waals surface area (Å²) in [6.07, 6.45) is 1.91. The highest BCUT2D eigenvalue weighted by Gasteiger charge is 2.58. The standard InChI is InChI=1S/C24H36N4O2/c1-18(2)25-22(29)21-14-27(13-19-7-5-4-6-8-19)15-24(21)16-28(17-24)23(30)20-9-11-26(3)12-10-20/h4-8,18,20-21H,9-17H2,1-3H3,(H,25,29). The highest BCUT2D eigenvalue weighted by atomic mass is 16.2. The molecule has 2 amide bonds. The number of carbonyl (C=O) groups excluding carboxylic acids is 2. The van der Waals surface area contributed by atoms with Crippen LogP contribution >= 0.6 is 0 Å². The van der Waals surface area contributed by atoms with E-state index in [1.54, 1.807) is 0 Å². The SMILES string of the molecule is CC(C)NC(=O)C1CN(Cc2ccccc2)CC12CN(C(=O)C1CCN(C)CC1)C2. The summed E-state index contributed by atoms with van der Waals surface area (Å²) < 4.78 is 0. The average molecular weight is 413 g/mol. The summed E-state index contributed by atoms with van der Waals surface area (Å²) in [5.41, 5.74) is 1.17. The molecular formula is C24H36N4O2. The quantitative estimate of drug-likeness (QED) is 0.802. The van der Waals surface area contributed by atoms with E-state index in [2.05, 4.69) is 46.4 Å². The van der Waals surface area contributed by atoms with Crippen molar-refractivity contribution in [1.29, 1.82) is 0 Å². The van der Waals surface area contributed by atoms with Gasteiger partial charge < -0.3 is 15.1 Å². The minimum atomic E-state index is -0.102. The number of hydrogen-bond donors (Lipinski definition) is 1. The van der Waals surface area contributed by atoms with Crippen LogP contribution < -0.4 is 5.32 Å². The molecule has 4 rings (SSSR count). The van der Waals surface area contributed by atoms with Gasteiger partial charge in [-0.15, -0.1) is 0 Å². The molecule has 6 heteroatoms. The van der Waals surface area contributed by atoms with Crippen LogP contribution in [-0.4, -0.2) is 78.9 Å². The maximum absolute atomic E-state index is 13.0. The molecule has 6 nitrogen and oxygen atoms in total. The summed E-state index contributed by atoms with van der Waals surface area (Å²) in [6, 6.07) is 10.6. The van der Waals surface area contributed by atoms with Crippen molar-refractivity contribution in [2.75, 3.05) is 46.3 Å². The maximum atomic E-state index is 13.0. The van der Waals surface area contributed by atoms with Crippen LogP contribution in [0, 0.1) is 17.3 Å². The van der Waals surface area contributed by atoms with E-state index in [4.69, 9.17) is 0 Å². The number of hydrogen-bond acceptors (Lipinski definition) is 4. The van der Waals surface area contributed by atoms with Crippen molar-refractivity contribution in [3.63, 3.8) is 0 Å². The Morgan fingerprint density at radius 2 is 1.77 bits per heavy atom. The van der Waals surface area contributed by atoms with Crippen molar-refractivity contribution in [3.8, 4) is 0 Å². The van der Waals surface area contributed by atoms with Crippen LogP contribution in [0.4, 0.5) is 0 Å². The minimum Gasteiger partial charge on any atom is -0.354 e. The van der Waals surface area contributed by atoms with Crippen LogP contribution in [0.15, 0.2) is 30.3 Å². The van der Waals surface area contributed by atoms with E-state index in [1.807, 2.05) is 24.8 Å². The Balaban J connectivity index is 1.43. The molecule has 1 aromatic rings. The van der Waals surface area contributed by atoms with Crippen molar-refractivity contribution in [2.45, 2.75) is 39.3 Å². The molecule has 3 aliphatic rings. The summed E-state index contributed by atoms with van der Waals surface area (Å²) in [5.74, 6) is 0.554. The fourth-order valence-corrected chi connectivity index (χ4v) is 5.48. The van der Waals surface area contributed by atoms with E-state index in [0.29, 0.717) is 5.91 Å². The Bertz CT molecular complexity index is 752. The van der Waals surface area contributed by atoms with Gasteiger partial charge in [0.05, 0.1) is 5.92 Å². The third kappa shape index (κ3) is 4.40. The number of benzene rings is 1. The van der Waals surface area contributed by atoms with E-state index in [1.165, 1.54) is 5.56 Å². The zero-order valence-corrected chi connectivity index (χ0v) is 18.6. The minimum absolute atomic E-state index is 0.0508. The van der Waals surface area contributed by atoms with Crippen LogP contribution in [0.3, 0.4) is 0 Å². The predicted octanol–water partition coefficient (Wildman–Crippen LogP) is 1.81. The molecule has 1 N–H and O–H groups in total. The first kappa shape index (κ1) is 21.3. The van der Waals surface area contributed by atoms with Crippen molar-refractivity contribution in [1.82, 2.24) is 20.0 Å². The lowest BCUT2D eigenvalue weighted by molar-refractivity contribution is -0.154. The molecule has 164 valence electrons. The monoisotopic (exact) mass is 412 g/mol. The van der Waals surface area contributed by atoms with Gasteiger partial charge in [0.1, 0.15) is 0 Å². The van der Waals surface area contributed by atoms with E-state index in [9.17, 15) is 9.59 Å². The Kier molecular flexibility index (Phi) is 6.16. The molecular weight excluding hydrogens is 376 g/mol. The molecule has 0 aromatic heterocycles. The molecule has 0 bridgehead atoms. The Labute approximate surface area is 180 Å². The fraction of sp³-hybridized carbons (Fsp3) is 0.667. The summed E-state index contributed by atoms with van der Waals surface area (Å²) >= 11 is 0. The number of likely N-dealkylation sites (tertiary alicyclic amines) is 3. The fourth-order valence-electron chi connectivity index (χ4n) is 5.48. The number of piperidine rings is 1. The molecule has 30 heavy (non-hydrogen) atoms. The number of nitrogens with one attached hydrogen (secondary N) is 1. The topological polar surface area (TPSA) is 55.9 Å². The smallest absolute Gasteiger partial charge is 0.225 e. The number of rotatable bonds is 5. The molecule has 3 aliphatic heterocycles. The van der Waals surface area contributed by atoms with Gasteiger partial charge in [0.2, 0.25) is 11.8 Å². The molecule has 3 heterocycles. The van der Waals surface area contributed by atoms with E-state index in [0.717, 1.165) is 58.7 Å². The molecule has 0 radical (unpaired) electrons. The summed E-state index contributed by atoms with van der Waals surface area (Å²) in [5, 5.41) is 3.13. The predicted molar refractivity (Wildman–Crippen MR) is 118 cm³/mol. The summed E-state index contributed by atoms with van der Waals surface area (Å²) in [4.78, 5) is 32.8. The second-order valence-corrected chi connectivity index (χ2v) is 10.0. The van der Waals surface area contributed by atoms with Gasteiger partial charge >= 0.3 is 0 Å². The van der Waals surface area contributed by atoms with Crippen molar-refractivity contribution in [3.05, 3.63) is 35.9 Å². The van der Waals surface area contributed by atoms with Gasteiger partial charge in [-0.2, -0.15) is 0 Å². The Morgan fingerprint density at radius 3 is 2.40 bits per heavy atom. The van der Waals surface area contributed by atoms with Gasteiger partial charge in [-0.25, -0.2) is 0 Å². The van der Waals surface area contributed by atoms with Gasteiger partial charge in [-0.05, 0) is 52.4 Å². The van der Waals surface area contributed by atoms with Crippen LogP contribution in [0.25, 0.3) is 0 Å². The maximum Gasteiger partial charge on any atom is 0.225 e. The third-order valence-corrected chi connectivity index (χ3v) is 7.11. The molecule has 0 saturated carbocycles. The third-order valence-electron chi connectivity index (χ3n) is 7.11. The zero-order valence-electron chi connectivity index (χ0n) is 18.6. The summed E-state index contributed by atoms with van der Waals surface area (Å²) in [6.45, 7) is 9.98. The van der Waals surface area contributed by atoms with Crippen molar-refractivity contribution >= 4 is 11.8 Å². The van der Waals surface area contributed by atoms with Gasteiger partial charge in [0.15, 0.2) is 0 Å². The lowest BCUT2D eigenvalue weighted by Gasteiger charge is -2.52. The molecule has 1 unspecified atom stereocenters. The zero-order chi connectivity index (χ0) is 21.3. The molecule has 1 aromatic carbocycles. The van der Waals surface area contributed by atoms with E-state index in [-0.39, 0.29) is 29.2 Å². The second kappa shape index (κ2) is 8.67. The highest BCUT2D eigenvalue weighted by molar-refractivity contribution is 5.83. The molecule has 3 fully saturated rings. The largest absolute Gasteiger partial charge is 0.354 e. The molecule has 3 saturated heterocycles. The number of nitrogens with zero attached hydrogens (tertiary/aromatic N) is 3. The van der Waals surface area contributed by atoms with Crippen molar-refractivity contribution in [2.24, 2.45) is 17.3 Å². The highest BCUT2D eigenvalue weighted by Crippen LogP contribution is 2.45. The first-order valence-corrected chi connectivity index (χ1v) is 11.4. The lowest BCUT2D eigenvalue weighted by Crippen LogP contribution is -2.65. The normalized spacial score (nSPS) is 24.9. The van der Waals surface area contributed by atoms with E-state index < -0.39 is 0 Å². The van der Waals surface area contributed by atoms with Crippen LogP contribution in [0.5, 0.6) is 0 Å². The Morgan fingerprint density at radius 1 is 1.10 bits per heavy atom. The van der Waals surface area contributed by atoms with Gasteiger partial charge in [-0.1, -0.05) is 30.3 Å². The second-order valence-electron chi connectivity index (χ2n) is 10.0. The van der Waals surface area contributed by atoms with Crippen LogP contribution in [0.1, 0.15) is 32.3 Å². The van der Waals surface area contributed by atoms with Gasteiger partial charge in [-0.3, -0.25) is 14.5 Å². The van der Waals surface area contributed by atoms with E-state index >= 15 is 0 Å². The van der Waals surface area contributed by atoms with Gasteiger partial charge in [0, 0.05) is 50.1 Å². The average Bonchev–Trinajstić information content (AvgIpc) is 3.07. The van der Waals surface area contributed by atoms with Crippen molar-refractivity contribution < 1.29 is 9.59 Å². The van der Waals surface area contributed by atoms with Crippen LogP contribution in [-0.2, 0) is 16.1 Å². The lowest BCUT2D eigenvalue weighted by atomic mass is 9.70. The molecule has 0 aliphatic carbocycles. The molecule has 1 atom stereocenters. The first-order chi connectivity index (χ1) is 14.4. The Hall–Kier alpha value is -1.92. The number of amides is 2. The summed E-state index contributed by atoms with van der Waals surface area (Å²) in [7, 11) is 2.12. The molecule has 1 spiro atoms. The number of carbonyl (C=O) groups is 2. The van der Waals surface area contributed by atoms with Crippen LogP contribution in [0.2, 0.25) is 0 Å².